The molecular weight excluding hydrogens is 316 g/mol. The van der Waals surface area contributed by atoms with E-state index in [1.54, 1.807) is 19.2 Å². The van der Waals surface area contributed by atoms with Gasteiger partial charge in [-0.3, -0.25) is 4.79 Å². The Morgan fingerprint density at radius 1 is 1.08 bits per heavy atom. The summed E-state index contributed by atoms with van der Waals surface area (Å²) in [4.78, 5) is 12.8. The maximum Gasteiger partial charge on any atom is 0.200 e. The molecule has 25 heavy (non-hydrogen) atoms. The number of methoxy groups -OCH3 is 1. The first-order chi connectivity index (χ1) is 12.2. The second-order valence-corrected chi connectivity index (χ2v) is 6.47. The average molecular weight is 336 g/mol. The topological polar surface area (TPSA) is 48.7 Å². The Hall–Kier alpha value is -2.75. The normalized spacial score (nSPS) is 14.3. The lowest BCUT2D eigenvalue weighted by Crippen LogP contribution is -2.19. The van der Waals surface area contributed by atoms with Gasteiger partial charge in [0, 0.05) is 6.07 Å². The standard InChI is InChI=1S/C21H20O4/c1-23-16-7-5-15(6-8-16)19-13-25-20-11-17(9-10-18(20)21(19)22)24-12-14-3-2-4-14/h5-11,13-14H,2-4,12H2,1H3. The van der Waals surface area contributed by atoms with Crippen LogP contribution in [0, 0.1) is 5.92 Å². The SMILES string of the molecule is COc1ccc(-c2coc3cc(OCC4CCC4)ccc3c2=O)cc1. The first kappa shape index (κ1) is 15.8. The largest absolute Gasteiger partial charge is 0.497 e. The van der Waals surface area contributed by atoms with E-state index in [2.05, 4.69) is 0 Å². The Balaban J connectivity index is 1.63. The van der Waals surface area contributed by atoms with E-state index in [4.69, 9.17) is 13.9 Å². The van der Waals surface area contributed by atoms with Crippen LogP contribution in [0.2, 0.25) is 0 Å². The highest BCUT2D eigenvalue weighted by Gasteiger charge is 2.18. The van der Waals surface area contributed by atoms with Crippen molar-refractivity contribution in [3.8, 4) is 22.6 Å². The fraction of sp³-hybridized carbons (Fsp3) is 0.286. The lowest BCUT2D eigenvalue weighted by Gasteiger charge is -2.25. The van der Waals surface area contributed by atoms with E-state index < -0.39 is 0 Å². The highest BCUT2D eigenvalue weighted by atomic mass is 16.5. The second kappa shape index (κ2) is 6.63. The lowest BCUT2D eigenvalue weighted by molar-refractivity contribution is 0.180. The number of rotatable bonds is 5. The lowest BCUT2D eigenvalue weighted by atomic mass is 9.86. The molecule has 1 fully saturated rings. The second-order valence-electron chi connectivity index (χ2n) is 6.47. The minimum Gasteiger partial charge on any atom is -0.497 e. The van der Waals surface area contributed by atoms with E-state index in [9.17, 15) is 4.79 Å². The Morgan fingerprint density at radius 2 is 1.84 bits per heavy atom. The molecule has 0 radical (unpaired) electrons. The summed E-state index contributed by atoms with van der Waals surface area (Å²) in [6.07, 6.45) is 5.30. The highest BCUT2D eigenvalue weighted by Crippen LogP contribution is 2.28. The van der Waals surface area contributed by atoms with Gasteiger partial charge >= 0.3 is 0 Å². The molecular formula is C21H20O4. The van der Waals surface area contributed by atoms with Crippen LogP contribution >= 0.6 is 0 Å². The summed E-state index contributed by atoms with van der Waals surface area (Å²) >= 11 is 0. The van der Waals surface area contributed by atoms with E-state index in [0.29, 0.717) is 22.5 Å². The highest BCUT2D eigenvalue weighted by molar-refractivity contribution is 5.82. The molecule has 1 aliphatic carbocycles. The average Bonchev–Trinajstić information content (AvgIpc) is 2.61. The smallest absolute Gasteiger partial charge is 0.200 e. The van der Waals surface area contributed by atoms with Crippen LogP contribution in [0.25, 0.3) is 22.1 Å². The zero-order valence-electron chi connectivity index (χ0n) is 14.2. The van der Waals surface area contributed by atoms with Crippen LogP contribution in [0.1, 0.15) is 19.3 Å². The molecule has 0 spiro atoms. The third kappa shape index (κ3) is 3.12. The summed E-state index contributed by atoms with van der Waals surface area (Å²) in [5.74, 6) is 2.17. The molecule has 1 aliphatic rings. The van der Waals surface area contributed by atoms with E-state index in [-0.39, 0.29) is 5.43 Å². The molecule has 3 aromatic rings. The van der Waals surface area contributed by atoms with Crippen molar-refractivity contribution in [2.75, 3.05) is 13.7 Å². The van der Waals surface area contributed by atoms with Crippen LogP contribution in [-0.4, -0.2) is 13.7 Å². The Bertz CT molecular complexity index is 936. The van der Waals surface area contributed by atoms with Gasteiger partial charge < -0.3 is 13.9 Å². The molecule has 2 aromatic carbocycles. The fourth-order valence-electron chi connectivity index (χ4n) is 3.04. The summed E-state index contributed by atoms with van der Waals surface area (Å²) in [6, 6.07) is 12.8. The third-order valence-corrected chi connectivity index (χ3v) is 4.86. The molecule has 0 N–H and O–H groups in total. The first-order valence-corrected chi connectivity index (χ1v) is 8.57. The predicted octanol–water partition coefficient (Wildman–Crippen LogP) is 4.65. The summed E-state index contributed by atoms with van der Waals surface area (Å²) in [6.45, 7) is 0.736. The van der Waals surface area contributed by atoms with Crippen molar-refractivity contribution in [1.82, 2.24) is 0 Å². The number of benzene rings is 2. The Labute approximate surface area is 146 Å². The van der Waals surface area contributed by atoms with Gasteiger partial charge in [0.25, 0.3) is 0 Å². The quantitative estimate of drug-likeness (QED) is 0.680. The van der Waals surface area contributed by atoms with Gasteiger partial charge in [0.2, 0.25) is 0 Å². The van der Waals surface area contributed by atoms with Gasteiger partial charge in [-0.1, -0.05) is 18.6 Å². The molecule has 4 heteroatoms. The molecule has 0 saturated heterocycles. The van der Waals surface area contributed by atoms with Gasteiger partial charge in [0.15, 0.2) is 5.43 Å². The van der Waals surface area contributed by atoms with Crippen LogP contribution < -0.4 is 14.9 Å². The van der Waals surface area contributed by atoms with Crippen molar-refractivity contribution >= 4 is 11.0 Å². The van der Waals surface area contributed by atoms with Gasteiger partial charge in [-0.15, -0.1) is 0 Å². The summed E-state index contributed by atoms with van der Waals surface area (Å²) in [7, 11) is 1.62. The Kier molecular flexibility index (Phi) is 4.18. The van der Waals surface area contributed by atoms with Crippen LogP contribution in [0.5, 0.6) is 11.5 Å². The minimum absolute atomic E-state index is 0.0445. The van der Waals surface area contributed by atoms with Crippen molar-refractivity contribution in [2.45, 2.75) is 19.3 Å². The molecule has 128 valence electrons. The van der Waals surface area contributed by atoms with Crippen molar-refractivity contribution in [3.05, 3.63) is 59.0 Å². The zero-order chi connectivity index (χ0) is 17.2. The monoisotopic (exact) mass is 336 g/mol. The minimum atomic E-state index is -0.0445. The molecule has 0 aliphatic heterocycles. The van der Waals surface area contributed by atoms with Crippen molar-refractivity contribution in [2.24, 2.45) is 5.92 Å². The van der Waals surface area contributed by atoms with Crippen molar-refractivity contribution in [3.63, 3.8) is 0 Å². The molecule has 0 bridgehead atoms. The summed E-state index contributed by atoms with van der Waals surface area (Å²) in [5, 5.41) is 0.560. The summed E-state index contributed by atoms with van der Waals surface area (Å²) < 4.78 is 16.7. The molecule has 1 heterocycles. The van der Waals surface area contributed by atoms with E-state index in [0.717, 1.165) is 23.7 Å². The van der Waals surface area contributed by atoms with Gasteiger partial charge in [-0.2, -0.15) is 0 Å². The number of fused-ring (bicyclic) bond motifs is 1. The number of hydrogen-bond acceptors (Lipinski definition) is 4. The molecule has 1 saturated carbocycles. The van der Waals surface area contributed by atoms with Gasteiger partial charge in [-0.05, 0) is 48.6 Å². The molecule has 0 atom stereocenters. The first-order valence-electron chi connectivity index (χ1n) is 8.57. The van der Waals surface area contributed by atoms with Crippen molar-refractivity contribution < 1.29 is 13.9 Å². The zero-order valence-corrected chi connectivity index (χ0v) is 14.2. The molecule has 0 unspecified atom stereocenters. The maximum absolute atomic E-state index is 12.8. The van der Waals surface area contributed by atoms with Gasteiger partial charge in [0.05, 0.1) is 24.7 Å². The third-order valence-electron chi connectivity index (χ3n) is 4.86. The van der Waals surface area contributed by atoms with Crippen LogP contribution in [0.4, 0.5) is 0 Å². The number of hydrogen-bond donors (Lipinski definition) is 0. The van der Waals surface area contributed by atoms with Crippen LogP contribution in [-0.2, 0) is 0 Å². The maximum atomic E-state index is 12.8. The Morgan fingerprint density at radius 3 is 2.52 bits per heavy atom. The number of ether oxygens (including phenoxy) is 2. The molecule has 4 rings (SSSR count). The molecule has 0 amide bonds. The molecule has 1 aromatic heterocycles. The summed E-state index contributed by atoms with van der Waals surface area (Å²) in [5.41, 5.74) is 1.85. The predicted molar refractivity (Wildman–Crippen MR) is 97.3 cm³/mol. The van der Waals surface area contributed by atoms with Crippen LogP contribution in [0.3, 0.4) is 0 Å². The molecule has 4 nitrogen and oxygen atoms in total. The van der Waals surface area contributed by atoms with Crippen LogP contribution in [0.15, 0.2) is 57.9 Å². The van der Waals surface area contributed by atoms with Gasteiger partial charge in [-0.25, -0.2) is 0 Å². The van der Waals surface area contributed by atoms with E-state index in [1.165, 1.54) is 25.5 Å². The fourth-order valence-corrected chi connectivity index (χ4v) is 3.04. The van der Waals surface area contributed by atoms with E-state index in [1.807, 2.05) is 30.3 Å². The van der Waals surface area contributed by atoms with Gasteiger partial charge in [0.1, 0.15) is 23.3 Å². The van der Waals surface area contributed by atoms with E-state index >= 15 is 0 Å². The van der Waals surface area contributed by atoms with Crippen molar-refractivity contribution in [1.29, 1.82) is 0 Å².